The Balaban J connectivity index is 1.43. The van der Waals surface area contributed by atoms with Crippen molar-refractivity contribution in [2.24, 2.45) is 0 Å². The zero-order valence-corrected chi connectivity index (χ0v) is 23.8. The molecule has 1 aliphatic heterocycles. The second-order valence-electron chi connectivity index (χ2n) is 11.0. The molecule has 8 nitrogen and oxygen atoms in total. The van der Waals surface area contributed by atoms with Gasteiger partial charge in [-0.3, -0.25) is 4.79 Å². The first-order valence-electron chi connectivity index (χ1n) is 13.3. The molecule has 0 spiro atoms. The van der Waals surface area contributed by atoms with Gasteiger partial charge in [0.1, 0.15) is 19.0 Å². The lowest BCUT2D eigenvalue weighted by Crippen LogP contribution is -2.31. The van der Waals surface area contributed by atoms with Crippen molar-refractivity contribution in [3.05, 3.63) is 107 Å². The molecule has 1 atom stereocenters. The summed E-state index contributed by atoms with van der Waals surface area (Å²) in [6.07, 6.45) is 1.48. The highest BCUT2D eigenvalue weighted by Crippen LogP contribution is 2.39. The van der Waals surface area contributed by atoms with E-state index in [2.05, 4.69) is 65.8 Å². The van der Waals surface area contributed by atoms with Gasteiger partial charge in [-0.25, -0.2) is 4.68 Å². The Morgan fingerprint density at radius 2 is 1.77 bits per heavy atom. The Morgan fingerprint density at radius 3 is 2.48 bits per heavy atom. The predicted octanol–water partition coefficient (Wildman–Crippen LogP) is 6.40. The van der Waals surface area contributed by atoms with Crippen molar-refractivity contribution >= 4 is 17.5 Å². The molecule has 2 N–H and O–H groups in total. The molecule has 1 amide bonds. The normalized spacial score (nSPS) is 14.8. The van der Waals surface area contributed by atoms with Gasteiger partial charge in [0.25, 0.3) is 5.91 Å². The summed E-state index contributed by atoms with van der Waals surface area (Å²) >= 11 is 0. The van der Waals surface area contributed by atoms with E-state index in [0.29, 0.717) is 35.3 Å². The first-order chi connectivity index (χ1) is 19.2. The van der Waals surface area contributed by atoms with E-state index in [9.17, 15) is 4.79 Å². The second kappa shape index (κ2) is 10.9. The minimum Gasteiger partial charge on any atom is -0.493 e. The number of rotatable bonds is 7. The molecule has 1 unspecified atom stereocenters. The highest BCUT2D eigenvalue weighted by molar-refractivity contribution is 6.06. The lowest BCUT2D eigenvalue weighted by atomic mass is 9.87. The topological polar surface area (TPSA) is 90.3 Å². The largest absolute Gasteiger partial charge is 0.493 e. The number of carbonyl (C=O) groups excluding carboxylic acids is 1. The molecule has 1 aromatic heterocycles. The number of benzene rings is 3. The monoisotopic (exact) mass is 537 g/mol. The van der Waals surface area contributed by atoms with E-state index in [-0.39, 0.29) is 11.3 Å². The SMILES string of the molecule is COc1cc(C2C(C(=O)Nc3ccccc3C)=C(C)Nc3ncnn32)ccc1OCc1ccc(C(C)(C)C)cc1. The van der Waals surface area contributed by atoms with E-state index in [4.69, 9.17) is 9.47 Å². The van der Waals surface area contributed by atoms with Crippen LogP contribution in [0.5, 0.6) is 11.5 Å². The molecule has 3 aromatic carbocycles. The fraction of sp³-hybridized carbons (Fsp3) is 0.281. The van der Waals surface area contributed by atoms with E-state index in [1.807, 2.05) is 56.3 Å². The van der Waals surface area contributed by atoms with Gasteiger partial charge in [-0.2, -0.15) is 10.1 Å². The molecule has 0 aliphatic carbocycles. The summed E-state index contributed by atoms with van der Waals surface area (Å²) in [4.78, 5) is 18.0. The van der Waals surface area contributed by atoms with Crippen molar-refractivity contribution in [1.82, 2.24) is 14.8 Å². The van der Waals surface area contributed by atoms with Crippen molar-refractivity contribution in [2.75, 3.05) is 17.7 Å². The van der Waals surface area contributed by atoms with E-state index >= 15 is 0 Å². The van der Waals surface area contributed by atoms with Crippen molar-refractivity contribution in [3.8, 4) is 11.5 Å². The minimum absolute atomic E-state index is 0.0967. The molecule has 0 radical (unpaired) electrons. The Morgan fingerprint density at radius 1 is 1.02 bits per heavy atom. The molecular formula is C32H35N5O3. The van der Waals surface area contributed by atoms with Crippen molar-refractivity contribution < 1.29 is 14.3 Å². The van der Waals surface area contributed by atoms with Gasteiger partial charge in [-0.05, 0) is 59.7 Å². The number of anilines is 2. The summed E-state index contributed by atoms with van der Waals surface area (Å²) < 4.78 is 13.6. The molecule has 0 saturated carbocycles. The number of fused-ring (bicyclic) bond motifs is 1. The third kappa shape index (κ3) is 5.43. The number of nitrogens with zero attached hydrogens (tertiary/aromatic N) is 3. The molecule has 0 saturated heterocycles. The van der Waals surface area contributed by atoms with E-state index in [1.165, 1.54) is 11.9 Å². The van der Waals surface area contributed by atoms with E-state index in [1.54, 1.807) is 11.8 Å². The average molecular weight is 538 g/mol. The second-order valence-corrected chi connectivity index (χ2v) is 11.0. The van der Waals surface area contributed by atoms with Crippen LogP contribution in [0.15, 0.2) is 84.3 Å². The van der Waals surface area contributed by atoms with Crippen LogP contribution in [0, 0.1) is 6.92 Å². The van der Waals surface area contributed by atoms with Crippen LogP contribution in [0.25, 0.3) is 0 Å². The number of aromatic nitrogens is 3. The predicted molar refractivity (Wildman–Crippen MR) is 157 cm³/mol. The van der Waals surface area contributed by atoms with Crippen LogP contribution in [0.4, 0.5) is 11.6 Å². The maximum Gasteiger partial charge on any atom is 0.255 e. The smallest absolute Gasteiger partial charge is 0.255 e. The molecule has 2 heterocycles. The quantitative estimate of drug-likeness (QED) is 0.284. The zero-order chi connectivity index (χ0) is 28.4. The maximum atomic E-state index is 13.7. The van der Waals surface area contributed by atoms with E-state index < -0.39 is 6.04 Å². The van der Waals surface area contributed by atoms with Crippen LogP contribution < -0.4 is 20.1 Å². The average Bonchev–Trinajstić information content (AvgIpc) is 3.40. The Kier molecular flexibility index (Phi) is 7.34. The number of aryl methyl sites for hydroxylation is 1. The summed E-state index contributed by atoms with van der Waals surface area (Å²) in [7, 11) is 1.61. The first kappa shape index (κ1) is 27.0. The number of ether oxygens (including phenoxy) is 2. The summed E-state index contributed by atoms with van der Waals surface area (Å²) in [5.74, 6) is 1.53. The van der Waals surface area contributed by atoms with Crippen molar-refractivity contribution in [3.63, 3.8) is 0 Å². The fourth-order valence-corrected chi connectivity index (χ4v) is 4.83. The van der Waals surface area contributed by atoms with Crippen LogP contribution >= 0.6 is 0 Å². The molecular weight excluding hydrogens is 502 g/mol. The van der Waals surface area contributed by atoms with Gasteiger partial charge < -0.3 is 20.1 Å². The summed E-state index contributed by atoms with van der Waals surface area (Å²) in [6.45, 7) is 10.8. The molecule has 8 heteroatoms. The molecule has 4 aromatic rings. The van der Waals surface area contributed by atoms with E-state index in [0.717, 1.165) is 22.4 Å². The lowest BCUT2D eigenvalue weighted by Gasteiger charge is -2.29. The maximum absolute atomic E-state index is 13.7. The summed E-state index contributed by atoms with van der Waals surface area (Å²) in [6, 6.07) is 21.4. The van der Waals surface area contributed by atoms with Gasteiger partial charge in [0.15, 0.2) is 11.5 Å². The molecule has 0 fully saturated rings. The molecule has 0 bridgehead atoms. The molecule has 206 valence electrons. The summed E-state index contributed by atoms with van der Waals surface area (Å²) in [5.41, 5.74) is 6.24. The number of carbonyl (C=O) groups is 1. The number of hydrogen-bond acceptors (Lipinski definition) is 6. The highest BCUT2D eigenvalue weighted by atomic mass is 16.5. The zero-order valence-electron chi connectivity index (χ0n) is 23.8. The van der Waals surface area contributed by atoms with Gasteiger partial charge in [0, 0.05) is 11.4 Å². The van der Waals surface area contributed by atoms with Crippen molar-refractivity contribution in [1.29, 1.82) is 0 Å². The number of nitrogens with one attached hydrogen (secondary N) is 2. The number of methoxy groups -OCH3 is 1. The van der Waals surface area contributed by atoms with Crippen LogP contribution in [-0.2, 0) is 16.8 Å². The molecule has 5 rings (SSSR count). The fourth-order valence-electron chi connectivity index (χ4n) is 4.83. The van der Waals surface area contributed by atoms with Crippen LogP contribution in [0.2, 0.25) is 0 Å². The van der Waals surface area contributed by atoms with Gasteiger partial charge in [0.05, 0.1) is 12.7 Å². The Labute approximate surface area is 235 Å². The van der Waals surface area contributed by atoms with Crippen LogP contribution in [-0.4, -0.2) is 27.8 Å². The lowest BCUT2D eigenvalue weighted by molar-refractivity contribution is -0.113. The number of allylic oxidation sites excluding steroid dienone is 1. The Hall–Kier alpha value is -4.59. The van der Waals surface area contributed by atoms with Crippen molar-refractivity contribution in [2.45, 2.75) is 52.7 Å². The Bertz CT molecular complexity index is 1560. The standard InChI is InChI=1S/C32H35N5O3/c1-20-9-7-8-10-25(20)36-30(38)28-21(2)35-31-33-19-34-37(31)29(28)23-13-16-26(27(17-23)39-6)40-18-22-11-14-24(15-12-22)32(3,4)5/h7-17,19,29H,18H2,1-6H3,(H,36,38)(H,33,34,35). The first-order valence-corrected chi connectivity index (χ1v) is 13.3. The molecule has 40 heavy (non-hydrogen) atoms. The summed E-state index contributed by atoms with van der Waals surface area (Å²) in [5, 5.41) is 10.7. The number of amides is 1. The number of para-hydroxylation sites is 1. The van der Waals surface area contributed by atoms with Gasteiger partial charge in [-0.1, -0.05) is 69.3 Å². The van der Waals surface area contributed by atoms with Crippen LogP contribution in [0.3, 0.4) is 0 Å². The number of hydrogen-bond donors (Lipinski definition) is 2. The van der Waals surface area contributed by atoms with Gasteiger partial charge >= 0.3 is 0 Å². The van der Waals surface area contributed by atoms with Gasteiger partial charge in [-0.15, -0.1) is 0 Å². The van der Waals surface area contributed by atoms with Gasteiger partial charge in [0.2, 0.25) is 5.95 Å². The third-order valence-corrected chi connectivity index (χ3v) is 7.15. The minimum atomic E-state index is -0.518. The third-order valence-electron chi connectivity index (χ3n) is 7.15. The highest BCUT2D eigenvalue weighted by Gasteiger charge is 2.34. The molecule has 1 aliphatic rings. The van der Waals surface area contributed by atoms with Crippen LogP contribution in [0.1, 0.15) is 56.0 Å².